The lowest BCUT2D eigenvalue weighted by Gasteiger charge is -2.23. The molecule has 0 spiro atoms. The summed E-state index contributed by atoms with van der Waals surface area (Å²) in [6.45, 7) is 44.0. The zero-order chi connectivity index (χ0) is 50.1. The van der Waals surface area contributed by atoms with Crippen molar-refractivity contribution in [2.45, 2.75) is 187 Å². The van der Waals surface area contributed by atoms with E-state index in [1.807, 2.05) is 82.2 Å². The molecule has 4 rings (SSSR count). The second-order valence-electron chi connectivity index (χ2n) is 16.2. The van der Waals surface area contributed by atoms with Crippen LogP contribution in [0.4, 0.5) is 0 Å². The minimum Gasteiger partial charge on any atom is -0.305 e. The highest BCUT2D eigenvalue weighted by Crippen LogP contribution is 2.38. The highest BCUT2D eigenvalue weighted by atomic mass is 16.2. The summed E-state index contributed by atoms with van der Waals surface area (Å²) in [7, 11) is 0. The van der Waals surface area contributed by atoms with Crippen LogP contribution in [-0.2, 0) is 14.4 Å². The summed E-state index contributed by atoms with van der Waals surface area (Å²) in [6, 6.07) is 6.50. The summed E-state index contributed by atoms with van der Waals surface area (Å²) in [5.41, 5.74) is 9.10. The van der Waals surface area contributed by atoms with Crippen LogP contribution in [0, 0.1) is 11.8 Å². The third-order valence-corrected chi connectivity index (χ3v) is 11.2. The number of carbonyl (C=O) groups excluding carboxylic acids is 4. The maximum Gasteiger partial charge on any atom is 0.259 e. The number of aliphatic imine (C=N–C) groups is 1. The number of aldehydes is 1. The third-order valence-electron chi connectivity index (χ3n) is 11.2. The minimum absolute atomic E-state index is 0.00150. The second kappa shape index (κ2) is 36.3. The quantitative estimate of drug-likeness (QED) is 0.0674. The predicted molar refractivity (Wildman–Crippen MR) is 283 cm³/mol. The summed E-state index contributed by atoms with van der Waals surface area (Å²) >= 11 is 0. The van der Waals surface area contributed by atoms with Crippen LogP contribution in [0.3, 0.4) is 0 Å². The van der Waals surface area contributed by atoms with Crippen molar-refractivity contribution in [3.05, 3.63) is 125 Å². The number of rotatable bonds is 17. The first-order valence-electron chi connectivity index (χ1n) is 24.9. The number of unbranched alkanes of at least 4 members (excludes halogenated alkanes) is 1. The van der Waals surface area contributed by atoms with Gasteiger partial charge >= 0.3 is 0 Å². The smallest absolute Gasteiger partial charge is 0.259 e. The predicted octanol–water partition coefficient (Wildman–Crippen LogP) is 16.0. The fourth-order valence-corrected chi connectivity index (χ4v) is 7.46. The Morgan fingerprint density at radius 1 is 0.892 bits per heavy atom. The molecule has 1 saturated carbocycles. The first-order chi connectivity index (χ1) is 31.2. The van der Waals surface area contributed by atoms with Crippen molar-refractivity contribution >= 4 is 35.3 Å². The van der Waals surface area contributed by atoms with Gasteiger partial charge in [0.05, 0.1) is 12.6 Å². The van der Waals surface area contributed by atoms with Gasteiger partial charge in [0.2, 0.25) is 0 Å². The molecule has 0 bridgehead atoms. The first kappa shape index (κ1) is 62.2. The second-order valence-corrected chi connectivity index (χ2v) is 16.2. The number of benzene rings is 1. The van der Waals surface area contributed by atoms with Crippen LogP contribution in [0.1, 0.15) is 197 Å². The van der Waals surface area contributed by atoms with Gasteiger partial charge < -0.3 is 14.5 Å². The molecule has 2 amide bonds. The molecule has 3 atom stereocenters. The molecule has 0 aromatic heterocycles. The topological polar surface area (TPSA) is 87.1 Å². The van der Waals surface area contributed by atoms with Crippen molar-refractivity contribution in [2.75, 3.05) is 6.54 Å². The molecule has 7 nitrogen and oxygen atoms in total. The summed E-state index contributed by atoms with van der Waals surface area (Å²) < 4.78 is 0. The van der Waals surface area contributed by atoms with E-state index in [-0.39, 0.29) is 24.0 Å². The normalized spacial score (nSPS) is 17.7. The van der Waals surface area contributed by atoms with Crippen LogP contribution in [0.15, 0.2) is 119 Å². The zero-order valence-corrected chi connectivity index (χ0v) is 43.9. The van der Waals surface area contributed by atoms with Gasteiger partial charge in [-0.1, -0.05) is 182 Å². The number of Topliss-reactive ketones (excluding diaryl/α,β-unsaturated/α-hetero) is 1. The average Bonchev–Trinajstić information content (AvgIpc) is 3.95. The van der Waals surface area contributed by atoms with Crippen LogP contribution >= 0.6 is 0 Å². The van der Waals surface area contributed by atoms with Crippen LogP contribution in [0.2, 0.25) is 0 Å². The molecule has 1 aliphatic carbocycles. The number of fused-ring (bicyclic) bond motifs is 1. The lowest BCUT2D eigenvalue weighted by atomic mass is 9.89. The molecule has 65 heavy (non-hydrogen) atoms. The highest BCUT2D eigenvalue weighted by Gasteiger charge is 2.36. The van der Waals surface area contributed by atoms with Crippen molar-refractivity contribution < 1.29 is 19.2 Å². The number of nitrogens with zero attached hydrogens (tertiary/aromatic N) is 3. The van der Waals surface area contributed by atoms with E-state index in [1.165, 1.54) is 55.9 Å². The van der Waals surface area contributed by atoms with Gasteiger partial charge in [-0.15, -0.1) is 0 Å². The van der Waals surface area contributed by atoms with E-state index in [0.29, 0.717) is 42.1 Å². The summed E-state index contributed by atoms with van der Waals surface area (Å²) in [5, 5.41) is 0. The molecule has 3 unspecified atom stereocenters. The maximum atomic E-state index is 13.5. The Labute approximate surface area is 398 Å². The molecular weight excluding hydrogens is 803 g/mol. The lowest BCUT2D eigenvalue weighted by Crippen LogP contribution is -2.36. The largest absolute Gasteiger partial charge is 0.305 e. The number of hydrogen-bond acceptors (Lipinski definition) is 5. The number of hydrogen-bond donors (Lipinski definition) is 0. The Balaban J connectivity index is 0. The van der Waals surface area contributed by atoms with Gasteiger partial charge in [-0.05, 0) is 100 Å². The fraction of sp³-hybridized carbons (Fsp3) is 0.534. The Hall–Kier alpha value is -4.91. The van der Waals surface area contributed by atoms with Crippen molar-refractivity contribution in [1.29, 1.82) is 0 Å². The minimum atomic E-state index is -0.628. The van der Waals surface area contributed by atoms with Gasteiger partial charge in [0.1, 0.15) is 12.1 Å². The maximum absolute atomic E-state index is 13.5. The summed E-state index contributed by atoms with van der Waals surface area (Å²) in [4.78, 5) is 55.7. The zero-order valence-electron chi connectivity index (χ0n) is 43.9. The molecule has 2 fully saturated rings. The number of allylic oxidation sites excluding steroid dienone is 8. The van der Waals surface area contributed by atoms with E-state index >= 15 is 0 Å². The van der Waals surface area contributed by atoms with Crippen LogP contribution in [-0.4, -0.2) is 52.0 Å². The van der Waals surface area contributed by atoms with Crippen molar-refractivity contribution in [2.24, 2.45) is 16.8 Å². The van der Waals surface area contributed by atoms with E-state index < -0.39 is 6.04 Å². The van der Waals surface area contributed by atoms with E-state index in [1.54, 1.807) is 12.1 Å². The lowest BCUT2D eigenvalue weighted by molar-refractivity contribution is -0.123. The molecule has 7 heteroatoms. The van der Waals surface area contributed by atoms with Gasteiger partial charge in [-0.2, -0.15) is 0 Å². The number of ketones is 1. The molecule has 2 aliphatic heterocycles. The van der Waals surface area contributed by atoms with Crippen LogP contribution in [0.5, 0.6) is 0 Å². The van der Waals surface area contributed by atoms with Crippen molar-refractivity contribution in [3.63, 3.8) is 0 Å². The monoisotopic (exact) mass is 894 g/mol. The van der Waals surface area contributed by atoms with Crippen molar-refractivity contribution in [1.82, 2.24) is 9.80 Å². The van der Waals surface area contributed by atoms with Gasteiger partial charge in [-0.3, -0.25) is 19.5 Å². The highest BCUT2D eigenvalue weighted by molar-refractivity contribution is 6.10. The van der Waals surface area contributed by atoms with Crippen LogP contribution in [0.25, 0.3) is 5.70 Å². The molecule has 1 aromatic carbocycles. The van der Waals surface area contributed by atoms with Gasteiger partial charge in [0.15, 0.2) is 0 Å². The van der Waals surface area contributed by atoms with E-state index in [9.17, 15) is 19.2 Å². The molecule has 362 valence electrons. The molecule has 1 saturated heterocycles. The molecule has 3 aliphatic rings. The Bertz CT molecular complexity index is 1810. The average molecular weight is 894 g/mol. The third kappa shape index (κ3) is 20.9. The van der Waals surface area contributed by atoms with Crippen LogP contribution < -0.4 is 0 Å². The van der Waals surface area contributed by atoms with E-state index in [2.05, 4.69) is 93.1 Å². The summed E-state index contributed by atoms with van der Waals surface area (Å²) in [5.74, 6) is 1.26. The van der Waals surface area contributed by atoms with Gasteiger partial charge in [0, 0.05) is 46.4 Å². The fourth-order valence-electron chi connectivity index (χ4n) is 7.46. The van der Waals surface area contributed by atoms with E-state index in [4.69, 9.17) is 0 Å². The first-order valence-corrected chi connectivity index (χ1v) is 24.9. The number of likely N-dealkylation sites (tertiary alicyclic amines) is 1. The Morgan fingerprint density at radius 2 is 1.48 bits per heavy atom. The summed E-state index contributed by atoms with van der Waals surface area (Å²) in [6.07, 6.45) is 24.6. The SMILES string of the molecule is C=C(/C=C1/C(=O)N(C(=C)\C=C/C=C(C)/C(CC)=N\C=C/C)CC1=C(CC)CC)CC1CCCC1C.C=C1c2ccccc2C(=O)N1C(C=O)CCC(C)=O.CC.CC.CCC.CCCC. The Morgan fingerprint density at radius 3 is 1.94 bits per heavy atom. The molecule has 0 radical (unpaired) electrons. The van der Waals surface area contributed by atoms with E-state index in [0.717, 1.165) is 65.2 Å². The number of carbonyl (C=O) groups is 4. The molecule has 1 aromatic rings. The van der Waals surface area contributed by atoms with Gasteiger partial charge in [0.25, 0.3) is 11.8 Å². The molecule has 2 heterocycles. The van der Waals surface area contributed by atoms with Gasteiger partial charge in [-0.25, -0.2) is 0 Å². The molecular formula is C58H91N3O4. The standard InChI is InChI=1S/C32H46N2O.C15H15NO3.C4H10.C3H8.2C2H6/c1-9-19-33-31(12-4)25(7)16-13-17-26(8)34-22-30(27(10-2)11-3)29(32(34)35)21-23(5)20-28-18-14-15-24(28)6;1-10(18)7-8-12(9-17)16-11(2)13-5-3-4-6-14(13)15(16)19;1-3-4-2;1-3-2;2*1-2/h9,13,16-17,19,21,24,28H,5,8,10-12,14-15,18,20,22H2,1-4,6-7H3;3-6,9,12H,2,7-8H2,1H3;3-4H2,1-2H3;3H2,1-2H3;2*1-2H3/b17-13-,19-9-,25-16+,29-21+,33-31-;;;;;. The molecule has 0 N–H and O–H groups in total. The Kier molecular flexibility index (Phi) is 34.7. The number of amides is 2. The van der Waals surface area contributed by atoms with Crippen molar-refractivity contribution in [3.8, 4) is 0 Å².